The molecule has 0 aliphatic carbocycles. The average molecular weight is 159 g/mol. The van der Waals surface area contributed by atoms with Gasteiger partial charge in [-0.3, -0.25) is 0 Å². The smallest absolute Gasteiger partial charge is 0.176 e. The Bertz CT molecular complexity index is 47.6. The van der Waals surface area contributed by atoms with E-state index in [1.807, 2.05) is 0 Å². The normalized spacial score (nSPS) is 12.2. The van der Waals surface area contributed by atoms with Gasteiger partial charge in [-0.15, -0.1) is 0 Å². The minimum atomic E-state index is -0.542. The highest BCUT2D eigenvalue weighted by Crippen LogP contribution is 2.04. The van der Waals surface area contributed by atoms with Crippen molar-refractivity contribution in [3.05, 3.63) is 10.3 Å². The van der Waals surface area contributed by atoms with E-state index in [0.29, 0.717) is 0 Å². The lowest BCUT2D eigenvalue weighted by Crippen LogP contribution is -1.35. The van der Waals surface area contributed by atoms with E-state index in [1.54, 1.807) is 0 Å². The molecule has 0 saturated carbocycles. The third-order valence-corrected chi connectivity index (χ3v) is 0.767. The zero-order chi connectivity index (χ0) is 4.28. The van der Waals surface area contributed by atoms with Crippen LogP contribution < -0.4 is 0 Å². The van der Waals surface area contributed by atoms with Gasteiger partial charge < -0.3 is 0 Å². The molecule has 30 valence electrons. The van der Waals surface area contributed by atoms with Crippen LogP contribution in [-0.4, -0.2) is 0 Å². The van der Waals surface area contributed by atoms with Crippen molar-refractivity contribution in [1.82, 2.24) is 0 Å². The molecule has 0 aliphatic rings. The van der Waals surface area contributed by atoms with Crippen LogP contribution >= 0.6 is 27.5 Å². The summed E-state index contributed by atoms with van der Waals surface area (Å²) in [5, 5.41) is 0. The molecule has 0 fully saturated rings. The van der Waals surface area contributed by atoms with E-state index in [4.69, 9.17) is 11.6 Å². The first kappa shape index (κ1) is 5.44. The van der Waals surface area contributed by atoms with Gasteiger partial charge in [0.1, 0.15) is 0 Å². The summed E-state index contributed by atoms with van der Waals surface area (Å²) in [6.45, 7) is 0. The van der Waals surface area contributed by atoms with Gasteiger partial charge in [-0.05, 0) is 15.9 Å². The van der Waals surface area contributed by atoms with Gasteiger partial charge in [-0.1, -0.05) is 11.6 Å². The van der Waals surface area contributed by atoms with Crippen molar-refractivity contribution in [2.45, 2.75) is 0 Å². The molecule has 0 nitrogen and oxygen atoms in total. The number of hydrogen-bond donors (Lipinski definition) is 0. The average Bonchev–Trinajstić information content (AvgIpc) is 1.38. The molecule has 0 aromatic rings. The van der Waals surface area contributed by atoms with Crippen molar-refractivity contribution in [1.29, 1.82) is 0 Å². The SMILES string of the molecule is F/C(Br)=C\Cl. The summed E-state index contributed by atoms with van der Waals surface area (Å²) >= 11 is 7.19. The van der Waals surface area contributed by atoms with Gasteiger partial charge >= 0.3 is 0 Å². The van der Waals surface area contributed by atoms with Crippen molar-refractivity contribution < 1.29 is 4.39 Å². The highest BCUT2D eigenvalue weighted by atomic mass is 79.9. The molecule has 0 saturated heterocycles. The first-order chi connectivity index (χ1) is 2.27. The molecular formula is C2HBrClF. The van der Waals surface area contributed by atoms with Crippen molar-refractivity contribution >= 4 is 27.5 Å². The molecule has 0 aliphatic heterocycles. The summed E-state index contributed by atoms with van der Waals surface area (Å²) in [5.74, 6) is 0. The van der Waals surface area contributed by atoms with E-state index in [-0.39, 0.29) is 0 Å². The summed E-state index contributed by atoms with van der Waals surface area (Å²) in [6.07, 6.45) is 0. The molecule has 0 rings (SSSR count). The van der Waals surface area contributed by atoms with Gasteiger partial charge in [-0.2, -0.15) is 4.39 Å². The molecule has 0 bridgehead atoms. The predicted octanol–water partition coefficient (Wildman–Crippen LogP) is 2.39. The maximum absolute atomic E-state index is 11.1. The molecule has 3 heteroatoms. The Morgan fingerprint density at radius 3 is 2.20 bits per heavy atom. The van der Waals surface area contributed by atoms with Gasteiger partial charge in [-0.25, -0.2) is 0 Å². The Kier molecular flexibility index (Phi) is 2.90. The lowest BCUT2D eigenvalue weighted by molar-refractivity contribution is 0.707. The molecule has 0 radical (unpaired) electrons. The second-order valence-corrected chi connectivity index (χ2v) is 1.37. The zero-order valence-corrected chi connectivity index (χ0v) is 4.55. The van der Waals surface area contributed by atoms with Crippen molar-refractivity contribution in [3.8, 4) is 0 Å². The van der Waals surface area contributed by atoms with Crippen LogP contribution in [0.4, 0.5) is 4.39 Å². The van der Waals surface area contributed by atoms with Crippen molar-refractivity contribution in [3.63, 3.8) is 0 Å². The van der Waals surface area contributed by atoms with E-state index >= 15 is 0 Å². The van der Waals surface area contributed by atoms with E-state index in [0.717, 1.165) is 5.54 Å². The van der Waals surface area contributed by atoms with Crippen molar-refractivity contribution in [2.75, 3.05) is 0 Å². The number of rotatable bonds is 0. The molecule has 0 aromatic carbocycles. The van der Waals surface area contributed by atoms with Gasteiger partial charge in [0.2, 0.25) is 0 Å². The Hall–Kier alpha value is 0.440. The third kappa shape index (κ3) is 4.44. The lowest BCUT2D eigenvalue weighted by atomic mass is 11.2. The van der Waals surface area contributed by atoms with Crippen LogP contribution in [0.25, 0.3) is 0 Å². The highest BCUT2D eigenvalue weighted by Gasteiger charge is 1.72. The zero-order valence-electron chi connectivity index (χ0n) is 2.21. The lowest BCUT2D eigenvalue weighted by Gasteiger charge is -1.63. The molecule has 0 aromatic heterocycles. The second kappa shape index (κ2) is 2.67. The Labute approximate surface area is 42.8 Å². The first-order valence-electron chi connectivity index (χ1n) is 0.885. The Morgan fingerprint density at radius 1 is 2.00 bits per heavy atom. The van der Waals surface area contributed by atoms with Gasteiger partial charge in [0.25, 0.3) is 0 Å². The minimum Gasteiger partial charge on any atom is -0.198 e. The molecule has 0 spiro atoms. The van der Waals surface area contributed by atoms with Crippen molar-refractivity contribution in [2.24, 2.45) is 0 Å². The molecular weight excluding hydrogens is 158 g/mol. The van der Waals surface area contributed by atoms with E-state index in [2.05, 4.69) is 15.9 Å². The summed E-state index contributed by atoms with van der Waals surface area (Å²) in [6, 6.07) is 0. The van der Waals surface area contributed by atoms with E-state index in [1.165, 1.54) is 0 Å². The quantitative estimate of drug-likeness (QED) is 0.509. The first-order valence-corrected chi connectivity index (χ1v) is 2.11. The maximum Gasteiger partial charge on any atom is 0.176 e. The molecule has 0 unspecified atom stereocenters. The van der Waals surface area contributed by atoms with E-state index < -0.39 is 4.74 Å². The maximum atomic E-state index is 11.1. The number of hydrogen-bond acceptors (Lipinski definition) is 0. The summed E-state index contributed by atoms with van der Waals surface area (Å²) in [4.78, 5) is 0. The molecule has 0 heterocycles. The summed E-state index contributed by atoms with van der Waals surface area (Å²) < 4.78 is 10.5. The molecule has 0 amide bonds. The third-order valence-electron chi connectivity index (χ3n) is 0.0825. The van der Waals surface area contributed by atoms with Crippen LogP contribution in [0.3, 0.4) is 0 Å². The van der Waals surface area contributed by atoms with Crippen LogP contribution in [0, 0.1) is 0 Å². The number of halogens is 3. The largest absolute Gasteiger partial charge is 0.198 e. The highest BCUT2D eigenvalue weighted by molar-refractivity contribution is 9.11. The fraction of sp³-hybridized carbons (Fsp3) is 0. The van der Waals surface area contributed by atoms with Gasteiger partial charge in [0.15, 0.2) is 4.74 Å². The minimum absolute atomic E-state index is 0.542. The van der Waals surface area contributed by atoms with Crippen LogP contribution in [0.15, 0.2) is 10.3 Å². The fourth-order valence-electron chi connectivity index (χ4n) is 0. The van der Waals surface area contributed by atoms with Crippen LogP contribution in [0.5, 0.6) is 0 Å². The Balaban J connectivity index is 3.14. The van der Waals surface area contributed by atoms with Gasteiger partial charge in [0, 0.05) is 5.54 Å². The molecule has 0 atom stereocenters. The van der Waals surface area contributed by atoms with Gasteiger partial charge in [0.05, 0.1) is 0 Å². The van der Waals surface area contributed by atoms with Crippen LogP contribution in [-0.2, 0) is 0 Å². The second-order valence-electron chi connectivity index (χ2n) is 0.399. The Morgan fingerprint density at radius 2 is 2.20 bits per heavy atom. The van der Waals surface area contributed by atoms with Crippen LogP contribution in [0.2, 0.25) is 0 Å². The predicted molar refractivity (Wildman–Crippen MR) is 24.0 cm³/mol. The topological polar surface area (TPSA) is 0 Å². The standard InChI is InChI=1S/C2HBrClF/c3-2(5)1-4/h1H/b2-1-. The van der Waals surface area contributed by atoms with Crippen LogP contribution in [0.1, 0.15) is 0 Å². The van der Waals surface area contributed by atoms with E-state index in [9.17, 15) is 4.39 Å². The monoisotopic (exact) mass is 158 g/mol. The molecule has 5 heavy (non-hydrogen) atoms. The summed E-state index contributed by atoms with van der Waals surface area (Å²) in [5.41, 5.74) is 0.806. The summed E-state index contributed by atoms with van der Waals surface area (Å²) in [7, 11) is 0. The fourth-order valence-corrected chi connectivity index (χ4v) is 0. The molecule has 0 N–H and O–H groups in total.